The first-order valence-corrected chi connectivity index (χ1v) is 6.13. The second-order valence-electron chi connectivity index (χ2n) is 3.76. The van der Waals surface area contributed by atoms with Crippen LogP contribution in [0, 0.1) is 0 Å². The molecule has 0 radical (unpaired) electrons. The Balaban J connectivity index is 2.26. The van der Waals surface area contributed by atoms with Crippen LogP contribution in [0.2, 0.25) is 0 Å². The van der Waals surface area contributed by atoms with Gasteiger partial charge in [-0.3, -0.25) is 9.89 Å². The predicted molar refractivity (Wildman–Crippen MR) is 74.9 cm³/mol. The van der Waals surface area contributed by atoms with Gasteiger partial charge in [-0.05, 0) is 18.2 Å². The van der Waals surface area contributed by atoms with Gasteiger partial charge in [0.25, 0.3) is 5.91 Å². The summed E-state index contributed by atoms with van der Waals surface area (Å²) in [5.41, 5.74) is 5.75. The van der Waals surface area contributed by atoms with E-state index in [0.717, 1.165) is 0 Å². The lowest BCUT2D eigenvalue weighted by Crippen LogP contribution is -2.18. The van der Waals surface area contributed by atoms with Crippen LogP contribution in [0.15, 0.2) is 34.0 Å². The third-order valence-electron chi connectivity index (χ3n) is 2.47. The molecule has 0 aliphatic rings. The van der Waals surface area contributed by atoms with E-state index in [2.05, 4.69) is 36.6 Å². The molecule has 0 saturated carbocycles. The van der Waals surface area contributed by atoms with E-state index in [1.807, 2.05) is 0 Å². The van der Waals surface area contributed by atoms with Gasteiger partial charge in [-0.2, -0.15) is 5.10 Å². The van der Waals surface area contributed by atoms with E-state index < -0.39 is 5.91 Å². The molecule has 8 nitrogen and oxygen atoms in total. The van der Waals surface area contributed by atoms with Crippen molar-refractivity contribution in [2.45, 2.75) is 0 Å². The number of halogens is 1. The van der Waals surface area contributed by atoms with E-state index >= 15 is 0 Å². The molecule has 20 heavy (non-hydrogen) atoms. The van der Waals surface area contributed by atoms with Crippen molar-refractivity contribution >= 4 is 33.5 Å². The molecule has 0 spiro atoms. The molecule has 0 bridgehead atoms. The first-order chi connectivity index (χ1) is 9.52. The zero-order chi connectivity index (χ0) is 14.7. The van der Waals surface area contributed by atoms with Crippen molar-refractivity contribution in [2.75, 3.05) is 5.32 Å². The summed E-state index contributed by atoms with van der Waals surface area (Å²) in [5, 5.41) is 29.8. The third-order valence-corrected chi connectivity index (χ3v) is 2.96. The topological polar surface area (TPSA) is 137 Å². The second kappa shape index (κ2) is 5.61. The number of nitrogens with one attached hydrogen (secondary N) is 2. The second-order valence-corrected chi connectivity index (χ2v) is 4.68. The van der Waals surface area contributed by atoms with E-state index in [1.54, 1.807) is 6.07 Å². The minimum absolute atomic E-state index is 0.0771. The molecule has 2 aromatic rings. The number of hydrogen-bond donors (Lipinski definition) is 5. The molecule has 1 aromatic heterocycles. The average Bonchev–Trinajstić information content (AvgIpc) is 2.85. The van der Waals surface area contributed by atoms with E-state index in [1.165, 1.54) is 18.3 Å². The molecule has 1 amide bonds. The maximum Gasteiger partial charge on any atom is 0.260 e. The molecule has 6 N–H and O–H groups in total. The van der Waals surface area contributed by atoms with Gasteiger partial charge in [0.2, 0.25) is 0 Å². The number of phenols is 1. The Hall–Kier alpha value is -2.55. The van der Waals surface area contributed by atoms with Gasteiger partial charge >= 0.3 is 0 Å². The number of phenolic OH excluding ortho intramolecular Hbond substituents is 1. The molecule has 104 valence electrons. The summed E-state index contributed by atoms with van der Waals surface area (Å²) in [6.45, 7) is 0. The van der Waals surface area contributed by atoms with Gasteiger partial charge in [0.15, 0.2) is 5.84 Å². The minimum atomic E-state index is -0.564. The molecule has 1 heterocycles. The fourth-order valence-electron chi connectivity index (χ4n) is 1.51. The molecular weight excluding hydrogens is 330 g/mol. The highest BCUT2D eigenvalue weighted by Gasteiger charge is 2.16. The van der Waals surface area contributed by atoms with Crippen LogP contribution in [0.3, 0.4) is 0 Å². The summed E-state index contributed by atoms with van der Waals surface area (Å²) in [4.78, 5) is 12.0. The van der Waals surface area contributed by atoms with Crippen molar-refractivity contribution in [1.82, 2.24) is 10.2 Å². The Morgan fingerprint density at radius 3 is 2.85 bits per heavy atom. The number of nitrogens with zero attached hydrogens (tertiary/aromatic N) is 2. The maximum absolute atomic E-state index is 12.0. The van der Waals surface area contributed by atoms with Gasteiger partial charge in [-0.1, -0.05) is 21.1 Å². The number of anilines is 1. The molecule has 2 rings (SSSR count). The smallest absolute Gasteiger partial charge is 0.260 e. The van der Waals surface area contributed by atoms with Crippen LogP contribution in [-0.4, -0.2) is 32.3 Å². The molecule has 1 aromatic carbocycles. The summed E-state index contributed by atoms with van der Waals surface area (Å²) < 4.78 is 0.644. The first-order valence-electron chi connectivity index (χ1n) is 5.34. The Bertz CT molecular complexity index is 682. The number of aromatic nitrogens is 2. The lowest BCUT2D eigenvalue weighted by molar-refractivity contribution is 0.102. The standard InChI is InChI=1S/C11H10BrN5O3/c12-5-1-2-6(8(18)3-5)11(19)15-10-7(4-14-16-10)9(13)17-20/h1-4,18,20H,(H2,13,17)(H2,14,15,16,19). The molecule has 0 saturated heterocycles. The number of carbonyl (C=O) groups is 1. The summed E-state index contributed by atoms with van der Waals surface area (Å²) in [7, 11) is 0. The highest BCUT2D eigenvalue weighted by Crippen LogP contribution is 2.23. The summed E-state index contributed by atoms with van der Waals surface area (Å²) >= 11 is 3.18. The van der Waals surface area contributed by atoms with Gasteiger partial charge in [-0.15, -0.1) is 0 Å². The number of hydrogen-bond acceptors (Lipinski definition) is 5. The first kappa shape index (κ1) is 13.9. The zero-order valence-electron chi connectivity index (χ0n) is 9.96. The monoisotopic (exact) mass is 339 g/mol. The van der Waals surface area contributed by atoms with Crippen molar-refractivity contribution in [3.05, 3.63) is 40.0 Å². The number of aromatic hydroxyl groups is 1. The van der Waals surface area contributed by atoms with Gasteiger partial charge in [0.1, 0.15) is 11.6 Å². The molecular formula is C11H10BrN5O3. The lowest BCUT2D eigenvalue weighted by atomic mass is 10.2. The van der Waals surface area contributed by atoms with Crippen molar-refractivity contribution in [3.8, 4) is 5.75 Å². The third kappa shape index (κ3) is 2.72. The van der Waals surface area contributed by atoms with Crippen molar-refractivity contribution in [3.63, 3.8) is 0 Å². The van der Waals surface area contributed by atoms with Crippen LogP contribution in [0.5, 0.6) is 5.75 Å². The summed E-state index contributed by atoms with van der Waals surface area (Å²) in [6.07, 6.45) is 1.30. The van der Waals surface area contributed by atoms with E-state index in [-0.39, 0.29) is 28.5 Å². The molecule has 9 heteroatoms. The fourth-order valence-corrected chi connectivity index (χ4v) is 1.86. The molecule has 0 unspecified atom stereocenters. The van der Waals surface area contributed by atoms with Crippen LogP contribution in [0.25, 0.3) is 0 Å². The number of aromatic amines is 1. The summed E-state index contributed by atoms with van der Waals surface area (Å²) in [6, 6.07) is 4.46. The van der Waals surface area contributed by atoms with Gasteiger partial charge in [-0.25, -0.2) is 0 Å². The zero-order valence-corrected chi connectivity index (χ0v) is 11.5. The van der Waals surface area contributed by atoms with E-state index in [0.29, 0.717) is 4.47 Å². The van der Waals surface area contributed by atoms with Crippen LogP contribution >= 0.6 is 15.9 Å². The van der Waals surface area contributed by atoms with Gasteiger partial charge in [0, 0.05) is 4.47 Å². The Morgan fingerprint density at radius 1 is 1.45 bits per heavy atom. The number of amides is 1. The number of rotatable bonds is 3. The number of amidine groups is 1. The van der Waals surface area contributed by atoms with Crippen LogP contribution < -0.4 is 11.1 Å². The highest BCUT2D eigenvalue weighted by molar-refractivity contribution is 9.10. The Labute approximate surface area is 121 Å². The van der Waals surface area contributed by atoms with Gasteiger partial charge in [0.05, 0.1) is 17.3 Å². The SMILES string of the molecule is NC(=NO)c1cn[nH]c1NC(=O)c1ccc(Br)cc1O. The van der Waals surface area contributed by atoms with Crippen molar-refractivity contribution in [1.29, 1.82) is 0 Å². The molecule has 0 aliphatic carbocycles. The number of H-pyrrole nitrogens is 1. The Kier molecular flexibility index (Phi) is 3.89. The van der Waals surface area contributed by atoms with Crippen LogP contribution in [0.1, 0.15) is 15.9 Å². The number of nitrogens with two attached hydrogens (primary N) is 1. The molecule has 0 atom stereocenters. The predicted octanol–water partition coefficient (Wildman–Crippen LogP) is 1.22. The Morgan fingerprint density at radius 2 is 2.20 bits per heavy atom. The molecule has 0 fully saturated rings. The van der Waals surface area contributed by atoms with Crippen molar-refractivity contribution in [2.24, 2.45) is 10.9 Å². The van der Waals surface area contributed by atoms with E-state index in [9.17, 15) is 9.90 Å². The lowest BCUT2D eigenvalue weighted by Gasteiger charge is -2.07. The summed E-state index contributed by atoms with van der Waals surface area (Å²) in [5.74, 6) is -0.783. The molecule has 0 aliphatic heterocycles. The van der Waals surface area contributed by atoms with Crippen molar-refractivity contribution < 1.29 is 15.1 Å². The number of benzene rings is 1. The average molecular weight is 340 g/mol. The largest absolute Gasteiger partial charge is 0.507 e. The normalized spacial score (nSPS) is 11.3. The van der Waals surface area contributed by atoms with E-state index in [4.69, 9.17) is 10.9 Å². The quantitative estimate of drug-likeness (QED) is 0.248. The minimum Gasteiger partial charge on any atom is -0.507 e. The maximum atomic E-state index is 12.0. The number of oxime groups is 1. The van der Waals surface area contributed by atoms with Gasteiger partial charge < -0.3 is 21.4 Å². The fraction of sp³-hybridized carbons (Fsp3) is 0. The number of carbonyl (C=O) groups excluding carboxylic acids is 1. The highest BCUT2D eigenvalue weighted by atomic mass is 79.9. The van der Waals surface area contributed by atoms with Crippen LogP contribution in [-0.2, 0) is 0 Å². The van der Waals surface area contributed by atoms with Crippen LogP contribution in [0.4, 0.5) is 5.82 Å².